The highest BCUT2D eigenvalue weighted by molar-refractivity contribution is 8.01. The number of anilines is 1. The predicted molar refractivity (Wildman–Crippen MR) is 102 cm³/mol. The third kappa shape index (κ3) is 4.66. The van der Waals surface area contributed by atoms with Crippen LogP contribution in [0.15, 0.2) is 34.9 Å². The summed E-state index contributed by atoms with van der Waals surface area (Å²) in [6, 6.07) is 9.98. The van der Waals surface area contributed by atoms with Crippen molar-refractivity contribution >= 4 is 29.4 Å². The lowest BCUT2D eigenvalue weighted by molar-refractivity contribution is -0.119. The number of nitrogens with zero attached hydrogens (tertiary/aromatic N) is 1. The number of aryl methyl sites for hydroxylation is 2. The molecule has 1 aliphatic carbocycles. The summed E-state index contributed by atoms with van der Waals surface area (Å²) >= 11 is 1.31. The van der Waals surface area contributed by atoms with Crippen molar-refractivity contribution in [2.45, 2.75) is 44.4 Å². The molecule has 26 heavy (non-hydrogen) atoms. The molecule has 1 aliphatic rings. The number of aromatic nitrogens is 1. The second-order valence-electron chi connectivity index (χ2n) is 6.48. The molecule has 138 valence electrons. The Morgan fingerprint density at radius 2 is 2.19 bits per heavy atom. The van der Waals surface area contributed by atoms with E-state index in [1.165, 1.54) is 22.9 Å². The second-order valence-corrected chi connectivity index (χ2v) is 7.81. The van der Waals surface area contributed by atoms with Gasteiger partial charge in [0.2, 0.25) is 11.8 Å². The standard InChI is InChI=1S/C19H23N3O3S/c1-12-10-17(22-25-12)21-19(24)13(2)26-11-18(23)20-16-9-5-7-14-6-3-4-8-15(14)16/h3-4,6,8,10,13,16H,5,7,9,11H2,1-2H3,(H,20,23)(H,21,22,24). The van der Waals surface area contributed by atoms with E-state index in [4.69, 9.17) is 4.52 Å². The molecule has 2 amide bonds. The Kier molecular flexibility index (Phi) is 5.98. The third-order valence-corrected chi connectivity index (χ3v) is 5.56. The van der Waals surface area contributed by atoms with Crippen LogP contribution in [0.1, 0.15) is 42.7 Å². The van der Waals surface area contributed by atoms with Gasteiger partial charge in [0.1, 0.15) is 5.76 Å². The number of carbonyl (C=O) groups excluding carboxylic acids is 2. The summed E-state index contributed by atoms with van der Waals surface area (Å²) in [6.45, 7) is 3.53. The lowest BCUT2D eigenvalue weighted by atomic mass is 9.88. The zero-order chi connectivity index (χ0) is 18.5. The molecule has 0 bridgehead atoms. The van der Waals surface area contributed by atoms with Crippen LogP contribution in [-0.4, -0.2) is 28.0 Å². The summed E-state index contributed by atoms with van der Waals surface area (Å²) in [5, 5.41) is 9.16. The summed E-state index contributed by atoms with van der Waals surface area (Å²) in [4.78, 5) is 24.5. The summed E-state index contributed by atoms with van der Waals surface area (Å²) < 4.78 is 4.92. The molecule has 0 fully saturated rings. The van der Waals surface area contributed by atoms with Crippen LogP contribution in [0.2, 0.25) is 0 Å². The molecule has 0 saturated carbocycles. The number of rotatable bonds is 6. The molecular formula is C19H23N3O3S. The van der Waals surface area contributed by atoms with Crippen LogP contribution < -0.4 is 10.6 Å². The van der Waals surface area contributed by atoms with E-state index in [2.05, 4.69) is 27.9 Å². The van der Waals surface area contributed by atoms with Gasteiger partial charge in [-0.2, -0.15) is 0 Å². The van der Waals surface area contributed by atoms with Gasteiger partial charge in [0.15, 0.2) is 5.82 Å². The number of thioether (sulfide) groups is 1. The Hall–Kier alpha value is -2.28. The molecule has 1 heterocycles. The van der Waals surface area contributed by atoms with Crippen molar-refractivity contribution in [2.24, 2.45) is 0 Å². The van der Waals surface area contributed by atoms with Gasteiger partial charge in [-0.1, -0.05) is 29.4 Å². The molecule has 0 radical (unpaired) electrons. The van der Waals surface area contributed by atoms with E-state index in [-0.39, 0.29) is 28.9 Å². The summed E-state index contributed by atoms with van der Waals surface area (Å²) in [7, 11) is 0. The van der Waals surface area contributed by atoms with E-state index < -0.39 is 0 Å². The molecule has 2 N–H and O–H groups in total. The lowest BCUT2D eigenvalue weighted by Gasteiger charge is -2.26. The van der Waals surface area contributed by atoms with Crippen molar-refractivity contribution in [3.63, 3.8) is 0 Å². The normalized spacial score (nSPS) is 17.2. The van der Waals surface area contributed by atoms with E-state index >= 15 is 0 Å². The predicted octanol–water partition coefficient (Wildman–Crippen LogP) is 3.24. The molecule has 3 rings (SSSR count). The minimum Gasteiger partial charge on any atom is -0.360 e. The topological polar surface area (TPSA) is 84.2 Å². The van der Waals surface area contributed by atoms with Gasteiger partial charge in [-0.3, -0.25) is 9.59 Å². The van der Waals surface area contributed by atoms with Gasteiger partial charge >= 0.3 is 0 Å². The molecule has 1 aromatic carbocycles. The van der Waals surface area contributed by atoms with E-state index in [9.17, 15) is 9.59 Å². The van der Waals surface area contributed by atoms with Crippen LogP contribution >= 0.6 is 11.8 Å². The van der Waals surface area contributed by atoms with Crippen molar-refractivity contribution in [1.29, 1.82) is 0 Å². The van der Waals surface area contributed by atoms with Crippen LogP contribution in [0, 0.1) is 6.92 Å². The fourth-order valence-corrected chi connectivity index (χ4v) is 3.76. The first-order chi connectivity index (χ1) is 12.5. The smallest absolute Gasteiger partial charge is 0.238 e. The third-order valence-electron chi connectivity index (χ3n) is 4.42. The SMILES string of the molecule is Cc1cc(NC(=O)C(C)SCC(=O)NC2CCCc3ccccc32)no1. The Labute approximate surface area is 157 Å². The highest BCUT2D eigenvalue weighted by Gasteiger charge is 2.22. The van der Waals surface area contributed by atoms with Crippen LogP contribution in [0.4, 0.5) is 5.82 Å². The zero-order valence-corrected chi connectivity index (χ0v) is 15.8. The highest BCUT2D eigenvalue weighted by Crippen LogP contribution is 2.29. The quantitative estimate of drug-likeness (QED) is 0.812. The fourth-order valence-electron chi connectivity index (χ4n) is 3.07. The first-order valence-corrected chi connectivity index (χ1v) is 9.81. The van der Waals surface area contributed by atoms with Crippen molar-refractivity contribution in [1.82, 2.24) is 10.5 Å². The molecule has 2 aromatic rings. The molecular weight excluding hydrogens is 350 g/mol. The number of amides is 2. The second kappa shape index (κ2) is 8.40. The maximum atomic E-state index is 12.3. The van der Waals surface area contributed by atoms with E-state index in [1.807, 2.05) is 12.1 Å². The molecule has 1 aromatic heterocycles. The van der Waals surface area contributed by atoms with Crippen LogP contribution in [0.3, 0.4) is 0 Å². The number of hydrogen-bond donors (Lipinski definition) is 2. The number of nitrogens with one attached hydrogen (secondary N) is 2. The minimum absolute atomic E-state index is 0.0476. The maximum absolute atomic E-state index is 12.3. The number of carbonyl (C=O) groups is 2. The largest absolute Gasteiger partial charge is 0.360 e. The number of benzene rings is 1. The first-order valence-electron chi connectivity index (χ1n) is 8.76. The van der Waals surface area contributed by atoms with Crippen molar-refractivity contribution in [3.05, 3.63) is 47.2 Å². The molecule has 6 nitrogen and oxygen atoms in total. The van der Waals surface area contributed by atoms with E-state index in [1.54, 1.807) is 19.9 Å². The van der Waals surface area contributed by atoms with Gasteiger partial charge in [0.05, 0.1) is 17.0 Å². The van der Waals surface area contributed by atoms with Crippen LogP contribution in [0.25, 0.3) is 0 Å². The molecule has 7 heteroatoms. The highest BCUT2D eigenvalue weighted by atomic mass is 32.2. The van der Waals surface area contributed by atoms with Gasteiger partial charge in [-0.15, -0.1) is 11.8 Å². The zero-order valence-electron chi connectivity index (χ0n) is 15.0. The van der Waals surface area contributed by atoms with Gasteiger partial charge in [-0.25, -0.2) is 0 Å². The minimum atomic E-state index is -0.364. The Morgan fingerprint density at radius 3 is 2.96 bits per heavy atom. The van der Waals surface area contributed by atoms with Crippen molar-refractivity contribution in [2.75, 3.05) is 11.1 Å². The molecule has 0 saturated heterocycles. The molecule has 0 aliphatic heterocycles. The van der Waals surface area contributed by atoms with Gasteiger partial charge in [0.25, 0.3) is 0 Å². The Morgan fingerprint density at radius 1 is 1.38 bits per heavy atom. The van der Waals surface area contributed by atoms with Crippen LogP contribution in [0.5, 0.6) is 0 Å². The number of hydrogen-bond acceptors (Lipinski definition) is 5. The lowest BCUT2D eigenvalue weighted by Crippen LogP contribution is -2.33. The molecule has 0 spiro atoms. The summed E-state index contributed by atoms with van der Waals surface area (Å²) in [6.07, 6.45) is 3.09. The van der Waals surface area contributed by atoms with Gasteiger partial charge < -0.3 is 15.2 Å². The fraction of sp³-hybridized carbons (Fsp3) is 0.421. The average Bonchev–Trinajstić information content (AvgIpc) is 3.04. The monoisotopic (exact) mass is 373 g/mol. The van der Waals surface area contributed by atoms with Crippen molar-refractivity contribution in [3.8, 4) is 0 Å². The van der Waals surface area contributed by atoms with Crippen molar-refractivity contribution < 1.29 is 14.1 Å². The maximum Gasteiger partial charge on any atom is 0.238 e. The Balaban J connectivity index is 1.47. The molecule has 2 atom stereocenters. The average molecular weight is 373 g/mol. The number of fused-ring (bicyclic) bond motifs is 1. The van der Waals surface area contributed by atoms with E-state index in [0.717, 1.165) is 19.3 Å². The van der Waals surface area contributed by atoms with Gasteiger partial charge in [-0.05, 0) is 44.2 Å². The molecule has 2 unspecified atom stereocenters. The van der Waals surface area contributed by atoms with Crippen LogP contribution in [-0.2, 0) is 16.0 Å². The van der Waals surface area contributed by atoms with E-state index in [0.29, 0.717) is 11.6 Å². The Bertz CT molecular complexity index is 790. The summed E-state index contributed by atoms with van der Waals surface area (Å²) in [5.74, 6) is 1.02. The summed E-state index contributed by atoms with van der Waals surface area (Å²) in [5.41, 5.74) is 2.52. The first kappa shape index (κ1) is 18.5. The van der Waals surface area contributed by atoms with Gasteiger partial charge in [0, 0.05) is 6.07 Å².